The Bertz CT molecular complexity index is 696. The number of aliphatic hydroxyl groups excluding tert-OH is 4. The van der Waals surface area contributed by atoms with Crippen LogP contribution in [0.2, 0.25) is 0 Å². The molecule has 0 radical (unpaired) electrons. The van der Waals surface area contributed by atoms with Gasteiger partial charge in [0.15, 0.2) is 0 Å². The van der Waals surface area contributed by atoms with E-state index in [1.165, 1.54) is 0 Å². The van der Waals surface area contributed by atoms with Crippen LogP contribution in [0.4, 0.5) is 0 Å². The van der Waals surface area contributed by atoms with E-state index in [1.807, 2.05) is 31.6 Å². The number of nitrogens with zero attached hydrogens (tertiary/aromatic N) is 4. The lowest BCUT2D eigenvalue weighted by Crippen LogP contribution is -2.31. The topological polar surface area (TPSA) is 174 Å². The third-order valence-electron chi connectivity index (χ3n) is 4.50. The molecule has 4 unspecified atom stereocenters. The number of halogens is 4. The van der Waals surface area contributed by atoms with Gasteiger partial charge in [0, 0.05) is 10.4 Å². The third-order valence-corrected chi connectivity index (χ3v) is 5.92. The summed E-state index contributed by atoms with van der Waals surface area (Å²) < 4.78 is 38.1. The Labute approximate surface area is 226 Å². The summed E-state index contributed by atoms with van der Waals surface area (Å²) in [5, 5.41) is 37.4. The van der Waals surface area contributed by atoms with E-state index in [1.54, 1.807) is 0 Å². The van der Waals surface area contributed by atoms with E-state index in [0.717, 1.165) is 26.2 Å². The zero-order valence-corrected chi connectivity index (χ0v) is 22.9. The van der Waals surface area contributed by atoms with E-state index in [-0.39, 0.29) is 23.5 Å². The van der Waals surface area contributed by atoms with Crippen molar-refractivity contribution in [3.8, 4) is 0 Å². The predicted molar refractivity (Wildman–Crippen MR) is 133 cm³/mol. The normalized spacial score (nSPS) is 19.0. The monoisotopic (exact) mass is 606 g/mol. The van der Waals surface area contributed by atoms with Crippen LogP contribution in [-0.2, 0) is 10.4 Å². The van der Waals surface area contributed by atoms with Crippen molar-refractivity contribution in [3.05, 3.63) is 0 Å². The van der Waals surface area contributed by atoms with Crippen molar-refractivity contribution in [1.82, 2.24) is 9.80 Å². The molecule has 0 aromatic rings. The summed E-state index contributed by atoms with van der Waals surface area (Å²) in [4.78, 5) is 3.99. The van der Waals surface area contributed by atoms with Crippen LogP contribution in [0.25, 0.3) is 0 Å². The first-order chi connectivity index (χ1) is 16.3. The Morgan fingerprint density at radius 1 is 0.714 bits per heavy atom. The molecule has 208 valence electrons. The Balaban J connectivity index is 0.000000555. The van der Waals surface area contributed by atoms with Crippen LogP contribution in [0.3, 0.4) is 0 Å². The smallest absolute Gasteiger partial charge is 0.234 e. The van der Waals surface area contributed by atoms with Crippen molar-refractivity contribution < 1.29 is 47.1 Å². The van der Waals surface area contributed by atoms with Crippen LogP contribution in [-0.4, -0.2) is 170 Å². The maximum absolute atomic E-state index is 9.35. The minimum absolute atomic E-state index is 0.245. The van der Waals surface area contributed by atoms with E-state index in [0.29, 0.717) is 26.2 Å². The van der Waals surface area contributed by atoms with Crippen molar-refractivity contribution in [2.24, 2.45) is 0 Å². The lowest BCUT2D eigenvalue weighted by molar-refractivity contribution is -0.522. The molecule has 0 aromatic carbocycles. The van der Waals surface area contributed by atoms with E-state index in [9.17, 15) is 20.4 Å². The van der Waals surface area contributed by atoms with Crippen molar-refractivity contribution in [1.29, 1.82) is 0 Å². The summed E-state index contributed by atoms with van der Waals surface area (Å²) in [6.07, 6.45) is 1.82. The summed E-state index contributed by atoms with van der Waals surface area (Å²) in [6, 6.07) is 0. The number of aliphatic hydroxyl groups is 4. The zero-order valence-electron chi connectivity index (χ0n) is 19.1. The molecule has 0 spiro atoms. The maximum Gasteiger partial charge on any atom is 0.234 e. The Morgan fingerprint density at radius 3 is 1.26 bits per heavy atom. The fourth-order valence-electron chi connectivity index (χ4n) is 3.04. The Morgan fingerprint density at radius 2 is 1.00 bits per heavy atom. The van der Waals surface area contributed by atoms with Gasteiger partial charge in [-0.05, 0) is 0 Å². The van der Waals surface area contributed by atoms with Crippen LogP contribution >= 0.6 is 46.4 Å². The van der Waals surface area contributed by atoms with Gasteiger partial charge in [0.25, 0.3) is 0 Å². The Hall–Kier alpha value is -0.190. The van der Waals surface area contributed by atoms with E-state index >= 15 is 0 Å². The standard InChI is InChI=1S/2C9H17Cl2N2O2.H2O4S/c2*10-3-8(14)5-12-1-2-13(7-12)6-9(15)4-11;1-5(2,3)4/h2*7-9,14-15H,1-6H2;(H2,1,2,3,4)/q2*+1;/p-2. The lowest BCUT2D eigenvalue weighted by atomic mass is 10.4. The van der Waals surface area contributed by atoms with Crippen molar-refractivity contribution in [3.63, 3.8) is 0 Å². The minimum Gasteiger partial charge on any atom is -0.759 e. The molecular weight excluding hydrogens is 574 g/mol. The van der Waals surface area contributed by atoms with E-state index in [4.69, 9.17) is 63.9 Å². The lowest BCUT2D eigenvalue weighted by Gasteiger charge is -2.09. The number of rotatable bonds is 12. The molecule has 0 aliphatic carbocycles. The molecule has 4 N–H and O–H groups in total. The molecule has 12 nitrogen and oxygen atoms in total. The first kappa shape index (κ1) is 34.8. The molecular formula is C18H34Cl4N4O8S. The van der Waals surface area contributed by atoms with Gasteiger partial charge in [0.05, 0.1) is 23.5 Å². The van der Waals surface area contributed by atoms with Gasteiger partial charge >= 0.3 is 0 Å². The highest BCUT2D eigenvalue weighted by Gasteiger charge is 2.24. The summed E-state index contributed by atoms with van der Waals surface area (Å²) in [6.45, 7) is 5.56. The summed E-state index contributed by atoms with van der Waals surface area (Å²) in [7, 11) is -5.17. The molecule has 2 aliphatic heterocycles. The highest BCUT2D eigenvalue weighted by atomic mass is 35.5. The molecule has 0 amide bonds. The van der Waals surface area contributed by atoms with E-state index in [2.05, 4.69) is 0 Å². The molecule has 4 atom stereocenters. The quantitative estimate of drug-likeness (QED) is 0.0821. The van der Waals surface area contributed by atoms with Crippen LogP contribution in [0.5, 0.6) is 0 Å². The van der Waals surface area contributed by atoms with Gasteiger partial charge in [0.2, 0.25) is 12.7 Å². The fraction of sp³-hybridized carbons (Fsp3) is 0.889. The maximum atomic E-state index is 9.35. The van der Waals surface area contributed by atoms with Crippen molar-refractivity contribution in [2.45, 2.75) is 24.4 Å². The zero-order chi connectivity index (χ0) is 27.0. The number of hydrogen-bond donors (Lipinski definition) is 4. The second-order valence-corrected chi connectivity index (χ2v) is 9.90. The van der Waals surface area contributed by atoms with Crippen LogP contribution < -0.4 is 0 Å². The summed E-state index contributed by atoms with van der Waals surface area (Å²) >= 11 is 22.0. The molecule has 0 saturated heterocycles. The van der Waals surface area contributed by atoms with Gasteiger partial charge in [-0.3, -0.25) is 27.4 Å². The fourth-order valence-corrected chi connectivity index (χ4v) is 3.43. The number of hydrogen-bond acceptors (Lipinski definition) is 10. The molecule has 0 bridgehead atoms. The molecule has 2 rings (SSSR count). The average molecular weight is 608 g/mol. The van der Waals surface area contributed by atoms with Gasteiger partial charge in [-0.2, -0.15) is 0 Å². The van der Waals surface area contributed by atoms with Crippen LogP contribution in [0.15, 0.2) is 0 Å². The molecule has 2 heterocycles. The predicted octanol–water partition coefficient (Wildman–Crippen LogP) is -2.25. The van der Waals surface area contributed by atoms with E-state index < -0.39 is 34.8 Å². The second-order valence-electron chi connectivity index (χ2n) is 7.85. The third kappa shape index (κ3) is 19.6. The van der Waals surface area contributed by atoms with Gasteiger partial charge in [0.1, 0.15) is 76.8 Å². The molecule has 0 saturated carbocycles. The molecule has 17 heteroatoms. The molecule has 35 heavy (non-hydrogen) atoms. The second kappa shape index (κ2) is 19.0. The van der Waals surface area contributed by atoms with Gasteiger partial charge < -0.3 is 29.5 Å². The molecule has 0 aromatic heterocycles. The number of alkyl halides is 4. The van der Waals surface area contributed by atoms with Gasteiger partial charge in [-0.15, -0.1) is 46.4 Å². The minimum atomic E-state index is -5.17. The first-order valence-electron chi connectivity index (χ1n) is 10.6. The largest absolute Gasteiger partial charge is 0.759 e. The first-order valence-corrected chi connectivity index (χ1v) is 14.1. The van der Waals surface area contributed by atoms with Crippen LogP contribution in [0.1, 0.15) is 0 Å². The van der Waals surface area contributed by atoms with Crippen LogP contribution in [0, 0.1) is 0 Å². The molecule has 0 fully saturated rings. The SMILES string of the molecule is O=S(=O)([O-])[O-].OC(CCl)CN1C=[N+](CC(O)CCl)CC1.OC(CCl)CN1C=[N+](CC(O)CCl)CC1. The average Bonchev–Trinajstić information content (AvgIpc) is 3.41. The molecule has 2 aliphatic rings. The van der Waals surface area contributed by atoms with Gasteiger partial charge in [-0.1, -0.05) is 0 Å². The Kier molecular flexibility index (Phi) is 18.9. The summed E-state index contributed by atoms with van der Waals surface area (Å²) in [5.41, 5.74) is 0. The van der Waals surface area contributed by atoms with Crippen molar-refractivity contribution >= 4 is 69.5 Å². The van der Waals surface area contributed by atoms with Gasteiger partial charge in [-0.25, -0.2) is 0 Å². The number of β-amino-alcohol motifs (C(OH)–C–C–N with tert-alkyl or cyclic N) is 4. The summed E-state index contributed by atoms with van der Waals surface area (Å²) in [5.74, 6) is 0.979. The highest BCUT2D eigenvalue weighted by molar-refractivity contribution is 7.79. The highest BCUT2D eigenvalue weighted by Crippen LogP contribution is 2.01. The van der Waals surface area contributed by atoms with Crippen molar-refractivity contribution in [2.75, 3.05) is 75.9 Å².